The van der Waals surface area contributed by atoms with E-state index >= 15 is 0 Å². The predicted octanol–water partition coefficient (Wildman–Crippen LogP) is 0.0556. The molecule has 3 aliphatic heterocycles. The van der Waals surface area contributed by atoms with Crippen molar-refractivity contribution in [3.63, 3.8) is 0 Å². The van der Waals surface area contributed by atoms with E-state index in [0.29, 0.717) is 31.9 Å². The van der Waals surface area contributed by atoms with Crippen molar-refractivity contribution in [1.82, 2.24) is 4.57 Å². The number of aromatic nitrogens is 1. The second-order valence-corrected chi connectivity index (χ2v) is 5.95. The maximum Gasteiger partial charge on any atom is 0.343 e. The van der Waals surface area contributed by atoms with Crippen LogP contribution in [0.25, 0.3) is 0 Å². The van der Waals surface area contributed by atoms with Gasteiger partial charge in [0, 0.05) is 24.9 Å². The van der Waals surface area contributed by atoms with E-state index in [4.69, 9.17) is 14.2 Å². The van der Waals surface area contributed by atoms with Crippen molar-refractivity contribution in [3.8, 4) is 0 Å². The number of alkyl halides is 1. The third-order valence-corrected chi connectivity index (χ3v) is 4.80. The van der Waals surface area contributed by atoms with E-state index in [2.05, 4.69) is 0 Å². The van der Waals surface area contributed by atoms with Crippen LogP contribution in [0.4, 0.5) is 4.39 Å². The highest BCUT2D eigenvalue weighted by molar-refractivity contribution is 5.83. The van der Waals surface area contributed by atoms with Crippen LogP contribution in [0.5, 0.6) is 0 Å². The highest BCUT2D eigenvalue weighted by Crippen LogP contribution is 2.42. The Morgan fingerprint density at radius 2 is 2.04 bits per heavy atom. The molecule has 4 heterocycles. The third kappa shape index (κ3) is 1.85. The molecule has 1 atom stereocenters. The molecule has 0 aliphatic carbocycles. The Morgan fingerprint density at radius 1 is 1.30 bits per heavy atom. The summed E-state index contributed by atoms with van der Waals surface area (Å²) < 4.78 is 30.6. The molecule has 8 heteroatoms. The summed E-state index contributed by atoms with van der Waals surface area (Å²) in [5.74, 6) is -1.96. The maximum atomic E-state index is 12.9. The number of hydrogen-bond acceptors (Lipinski definition) is 6. The number of carbonyl (C=O) groups is 1. The lowest BCUT2D eigenvalue weighted by Crippen LogP contribution is -2.45. The van der Waals surface area contributed by atoms with Gasteiger partial charge in [0.1, 0.15) is 6.61 Å². The summed E-state index contributed by atoms with van der Waals surface area (Å²) in [7, 11) is 0. The smallest absolute Gasteiger partial charge is 0.343 e. The Hall–Kier alpha value is -1.77. The van der Waals surface area contributed by atoms with Crippen LogP contribution in [0, 0.1) is 0 Å². The Morgan fingerprint density at radius 3 is 2.74 bits per heavy atom. The lowest BCUT2D eigenvalue weighted by Gasteiger charge is -2.33. The summed E-state index contributed by atoms with van der Waals surface area (Å²) in [6.45, 7) is 0.0826. The zero-order valence-electron chi connectivity index (χ0n) is 12.3. The first-order chi connectivity index (χ1) is 11.0. The average Bonchev–Trinajstić information content (AvgIpc) is 3.14. The van der Waals surface area contributed by atoms with Crippen molar-refractivity contribution in [2.75, 3.05) is 19.9 Å². The van der Waals surface area contributed by atoms with Crippen LogP contribution in [0.2, 0.25) is 0 Å². The highest BCUT2D eigenvalue weighted by Gasteiger charge is 2.50. The van der Waals surface area contributed by atoms with Crippen molar-refractivity contribution < 1.29 is 28.5 Å². The van der Waals surface area contributed by atoms with Gasteiger partial charge in [-0.15, -0.1) is 0 Å². The predicted molar refractivity (Wildman–Crippen MR) is 73.2 cm³/mol. The van der Waals surface area contributed by atoms with Crippen LogP contribution >= 0.6 is 0 Å². The molecule has 1 spiro atoms. The van der Waals surface area contributed by atoms with E-state index in [-0.39, 0.29) is 23.3 Å². The fourth-order valence-corrected chi connectivity index (χ4v) is 3.61. The second-order valence-electron chi connectivity index (χ2n) is 5.95. The molecule has 1 unspecified atom stereocenters. The van der Waals surface area contributed by atoms with Crippen LogP contribution in [0.1, 0.15) is 29.7 Å². The van der Waals surface area contributed by atoms with Crippen molar-refractivity contribution in [2.45, 2.75) is 37.4 Å². The maximum absolute atomic E-state index is 12.9. The van der Waals surface area contributed by atoms with E-state index in [1.165, 1.54) is 10.6 Å². The van der Waals surface area contributed by atoms with Gasteiger partial charge in [-0.2, -0.15) is 0 Å². The minimum absolute atomic E-state index is 0.100. The number of aliphatic hydroxyl groups is 1. The Bertz CT molecular complexity index is 738. The summed E-state index contributed by atoms with van der Waals surface area (Å²) in [5, 5.41) is 10.6. The molecule has 0 amide bonds. The number of carbonyl (C=O) groups excluding carboxylic acids is 1. The van der Waals surface area contributed by atoms with Gasteiger partial charge in [0.2, 0.25) is 5.79 Å². The molecule has 4 rings (SSSR count). The standard InChI is InChI=1S/C15H16FNO6/c16-3-1-14(20)10-7-11-15(22-5-6-23-15)2-4-17(11)12(18)9(10)8-21-13(14)19/h7,20H,1-6,8H2. The van der Waals surface area contributed by atoms with Gasteiger partial charge in [0.05, 0.1) is 31.1 Å². The first kappa shape index (κ1) is 14.8. The molecule has 1 N–H and O–H groups in total. The number of hydrogen-bond donors (Lipinski definition) is 1. The van der Waals surface area contributed by atoms with Gasteiger partial charge in [-0.1, -0.05) is 0 Å². The summed E-state index contributed by atoms with van der Waals surface area (Å²) in [6, 6.07) is 1.53. The van der Waals surface area contributed by atoms with Crippen molar-refractivity contribution in [1.29, 1.82) is 0 Å². The summed E-state index contributed by atoms with van der Waals surface area (Å²) >= 11 is 0. The zero-order valence-corrected chi connectivity index (χ0v) is 12.3. The molecule has 0 saturated carbocycles. The van der Waals surface area contributed by atoms with Crippen molar-refractivity contribution in [3.05, 3.63) is 33.2 Å². The molecule has 1 aromatic rings. The molecule has 23 heavy (non-hydrogen) atoms. The molecule has 7 nitrogen and oxygen atoms in total. The largest absolute Gasteiger partial charge is 0.458 e. The fourth-order valence-electron chi connectivity index (χ4n) is 3.61. The molecular weight excluding hydrogens is 309 g/mol. The van der Waals surface area contributed by atoms with Crippen LogP contribution in [-0.4, -0.2) is 35.5 Å². The van der Waals surface area contributed by atoms with Crippen LogP contribution in [-0.2, 0) is 43.5 Å². The molecule has 3 aliphatic rings. The summed E-state index contributed by atoms with van der Waals surface area (Å²) in [4.78, 5) is 24.7. The number of halogens is 1. The third-order valence-electron chi connectivity index (χ3n) is 4.80. The molecule has 0 bridgehead atoms. The quantitative estimate of drug-likeness (QED) is 0.774. The lowest BCUT2D eigenvalue weighted by atomic mass is 9.85. The van der Waals surface area contributed by atoms with Gasteiger partial charge in [-0.25, -0.2) is 4.79 Å². The monoisotopic (exact) mass is 325 g/mol. The van der Waals surface area contributed by atoms with Gasteiger partial charge in [0.15, 0.2) is 5.60 Å². The van der Waals surface area contributed by atoms with Crippen LogP contribution in [0.3, 0.4) is 0 Å². The van der Waals surface area contributed by atoms with Crippen LogP contribution < -0.4 is 5.56 Å². The Labute approximate surface area is 130 Å². The van der Waals surface area contributed by atoms with Crippen molar-refractivity contribution in [2.24, 2.45) is 0 Å². The topological polar surface area (TPSA) is 87.0 Å². The van der Waals surface area contributed by atoms with Gasteiger partial charge in [0.25, 0.3) is 5.56 Å². The number of cyclic esters (lactones) is 1. The minimum atomic E-state index is -2.15. The zero-order chi connectivity index (χ0) is 16.2. The molecule has 1 fully saturated rings. The van der Waals surface area contributed by atoms with Gasteiger partial charge >= 0.3 is 5.97 Å². The van der Waals surface area contributed by atoms with Gasteiger partial charge < -0.3 is 23.9 Å². The number of nitrogens with zero attached hydrogens (tertiary/aromatic N) is 1. The number of pyridine rings is 1. The van der Waals surface area contributed by atoms with E-state index in [1.54, 1.807) is 0 Å². The highest BCUT2D eigenvalue weighted by atomic mass is 19.1. The lowest BCUT2D eigenvalue weighted by molar-refractivity contribution is -0.174. The Kier molecular flexibility index (Phi) is 3.13. The molecule has 1 aromatic heterocycles. The average molecular weight is 325 g/mol. The first-order valence-corrected chi connectivity index (χ1v) is 7.53. The first-order valence-electron chi connectivity index (χ1n) is 7.53. The number of esters is 1. The minimum Gasteiger partial charge on any atom is -0.458 e. The Balaban J connectivity index is 1.95. The van der Waals surface area contributed by atoms with Crippen LogP contribution in [0.15, 0.2) is 10.9 Å². The van der Waals surface area contributed by atoms with Gasteiger partial charge in [-0.05, 0) is 6.07 Å². The van der Waals surface area contributed by atoms with Crippen molar-refractivity contribution >= 4 is 5.97 Å². The fraction of sp³-hybridized carbons (Fsp3) is 0.600. The number of fused-ring (bicyclic) bond motifs is 3. The van der Waals surface area contributed by atoms with E-state index < -0.39 is 30.5 Å². The molecule has 0 aromatic carbocycles. The molecule has 0 radical (unpaired) electrons. The number of rotatable bonds is 2. The van der Waals surface area contributed by atoms with Gasteiger partial charge in [-0.3, -0.25) is 9.18 Å². The van der Waals surface area contributed by atoms with E-state index in [9.17, 15) is 19.1 Å². The molecule has 1 saturated heterocycles. The summed E-state index contributed by atoms with van der Waals surface area (Å²) in [5.41, 5.74) is -1.77. The van der Waals surface area contributed by atoms with E-state index in [0.717, 1.165) is 0 Å². The van der Waals surface area contributed by atoms with E-state index in [1.807, 2.05) is 0 Å². The SMILES string of the molecule is O=C1OCc2c(cc3n(c2=O)CCC32OCCO2)C1(O)CCF. The summed E-state index contributed by atoms with van der Waals surface area (Å²) in [6.07, 6.45) is 0.0118. The normalized spacial score (nSPS) is 27.8. The number of ether oxygens (including phenoxy) is 3. The molecular formula is C15H16FNO6. The second kappa shape index (κ2) is 4.86. The molecule has 124 valence electrons.